The number of nitrogens with one attached hydrogen (secondary N) is 2. The van der Waals surface area contributed by atoms with Gasteiger partial charge in [-0.05, 0) is 35.2 Å². The molecular formula is C19H15ClN2O3S2. The summed E-state index contributed by atoms with van der Waals surface area (Å²) in [5.74, 6) is -1.51. The third-order valence-electron chi connectivity index (χ3n) is 3.66. The number of carbonyl (C=O) groups is 3. The number of benzene rings is 1. The van der Waals surface area contributed by atoms with Crippen molar-refractivity contribution >= 4 is 51.9 Å². The zero-order valence-corrected chi connectivity index (χ0v) is 16.4. The van der Waals surface area contributed by atoms with Crippen LogP contribution in [0.2, 0.25) is 5.02 Å². The lowest BCUT2D eigenvalue weighted by Gasteiger charge is -2.07. The van der Waals surface area contributed by atoms with Gasteiger partial charge in [-0.25, -0.2) is 0 Å². The molecule has 0 unspecified atom stereocenters. The highest BCUT2D eigenvalue weighted by Crippen LogP contribution is 2.22. The van der Waals surface area contributed by atoms with E-state index in [0.29, 0.717) is 14.8 Å². The number of halogens is 1. The molecule has 2 aromatic heterocycles. The second kappa shape index (κ2) is 8.94. The molecule has 3 aromatic rings. The summed E-state index contributed by atoms with van der Waals surface area (Å²) in [4.78, 5) is 38.2. The molecular weight excluding hydrogens is 404 g/mol. The third kappa shape index (κ3) is 5.03. The minimum Gasteiger partial charge on any atom is -0.344 e. The minimum absolute atomic E-state index is 0.0370. The lowest BCUT2D eigenvalue weighted by Crippen LogP contribution is -2.39. The smallest absolute Gasteiger partial charge is 0.309 e. The van der Waals surface area contributed by atoms with Crippen molar-refractivity contribution in [1.29, 1.82) is 0 Å². The van der Waals surface area contributed by atoms with E-state index in [4.69, 9.17) is 11.6 Å². The molecule has 27 heavy (non-hydrogen) atoms. The monoisotopic (exact) mass is 418 g/mol. The lowest BCUT2D eigenvalue weighted by molar-refractivity contribution is -0.139. The Morgan fingerprint density at radius 2 is 1.59 bits per heavy atom. The largest absolute Gasteiger partial charge is 0.344 e. The molecule has 3 rings (SSSR count). The first-order chi connectivity index (χ1) is 13.0. The third-order valence-corrected chi connectivity index (χ3v) is 5.98. The van der Waals surface area contributed by atoms with Crippen LogP contribution in [-0.2, 0) is 22.7 Å². The number of rotatable bonds is 6. The topological polar surface area (TPSA) is 75.3 Å². The average molecular weight is 419 g/mol. The molecule has 0 atom stereocenters. The maximum atomic E-state index is 12.3. The van der Waals surface area contributed by atoms with Crippen LogP contribution in [0.25, 0.3) is 0 Å². The molecule has 0 aliphatic heterocycles. The van der Waals surface area contributed by atoms with E-state index in [1.807, 2.05) is 11.4 Å². The number of thiophene rings is 2. The molecule has 2 N–H and O–H groups in total. The van der Waals surface area contributed by atoms with Crippen LogP contribution in [0.4, 0.5) is 0 Å². The Balaban J connectivity index is 1.49. The molecule has 2 amide bonds. The van der Waals surface area contributed by atoms with Gasteiger partial charge in [-0.15, -0.1) is 22.7 Å². The van der Waals surface area contributed by atoms with Crippen molar-refractivity contribution in [3.05, 3.63) is 79.1 Å². The fourth-order valence-corrected chi connectivity index (χ4v) is 4.12. The van der Waals surface area contributed by atoms with Crippen molar-refractivity contribution in [3.63, 3.8) is 0 Å². The van der Waals surface area contributed by atoms with E-state index in [9.17, 15) is 14.4 Å². The van der Waals surface area contributed by atoms with Gasteiger partial charge >= 0.3 is 11.8 Å². The molecule has 0 saturated heterocycles. The Labute approximate surface area is 169 Å². The van der Waals surface area contributed by atoms with Gasteiger partial charge in [-0.3, -0.25) is 14.4 Å². The SMILES string of the molecule is O=C(NCc1ccc(C(=O)c2cccs2)s1)C(=O)NCc1ccccc1Cl. The van der Waals surface area contributed by atoms with Crippen molar-refractivity contribution in [3.8, 4) is 0 Å². The molecule has 138 valence electrons. The van der Waals surface area contributed by atoms with Gasteiger partial charge in [0.05, 0.1) is 16.3 Å². The van der Waals surface area contributed by atoms with E-state index >= 15 is 0 Å². The number of carbonyl (C=O) groups excluding carboxylic acids is 3. The molecule has 0 aliphatic rings. The van der Waals surface area contributed by atoms with Gasteiger partial charge in [-0.1, -0.05) is 35.9 Å². The zero-order chi connectivity index (χ0) is 19.2. The quantitative estimate of drug-likeness (QED) is 0.474. The van der Waals surface area contributed by atoms with Gasteiger partial charge in [-0.2, -0.15) is 0 Å². The fourth-order valence-electron chi connectivity index (χ4n) is 2.27. The van der Waals surface area contributed by atoms with E-state index in [1.54, 1.807) is 42.5 Å². The number of hydrogen-bond acceptors (Lipinski definition) is 5. The number of hydrogen-bond donors (Lipinski definition) is 2. The predicted octanol–water partition coefficient (Wildman–Crippen LogP) is 3.63. The molecule has 0 fully saturated rings. The Kier molecular flexibility index (Phi) is 6.39. The molecule has 0 aliphatic carbocycles. The first-order valence-electron chi connectivity index (χ1n) is 8.01. The van der Waals surface area contributed by atoms with Crippen molar-refractivity contribution < 1.29 is 14.4 Å². The van der Waals surface area contributed by atoms with Gasteiger partial charge in [0, 0.05) is 16.4 Å². The van der Waals surface area contributed by atoms with Crippen LogP contribution in [0.3, 0.4) is 0 Å². The van der Waals surface area contributed by atoms with Crippen LogP contribution in [-0.4, -0.2) is 17.6 Å². The minimum atomic E-state index is -0.735. The molecule has 8 heteroatoms. The van der Waals surface area contributed by atoms with Gasteiger partial charge in [0.1, 0.15) is 0 Å². The Morgan fingerprint density at radius 1 is 0.852 bits per heavy atom. The highest BCUT2D eigenvalue weighted by atomic mass is 35.5. The Morgan fingerprint density at radius 3 is 2.30 bits per heavy atom. The van der Waals surface area contributed by atoms with E-state index < -0.39 is 11.8 Å². The van der Waals surface area contributed by atoms with E-state index in [0.717, 1.165) is 10.4 Å². The van der Waals surface area contributed by atoms with Crippen molar-refractivity contribution in [1.82, 2.24) is 10.6 Å². The summed E-state index contributed by atoms with van der Waals surface area (Å²) in [7, 11) is 0. The Bertz CT molecular complexity index is 967. The number of ketones is 1. The van der Waals surface area contributed by atoms with Crippen LogP contribution in [0.1, 0.15) is 25.0 Å². The van der Waals surface area contributed by atoms with Crippen molar-refractivity contribution in [2.75, 3.05) is 0 Å². The van der Waals surface area contributed by atoms with Gasteiger partial charge in [0.2, 0.25) is 5.78 Å². The van der Waals surface area contributed by atoms with Crippen molar-refractivity contribution in [2.45, 2.75) is 13.1 Å². The lowest BCUT2D eigenvalue weighted by atomic mass is 10.2. The normalized spacial score (nSPS) is 10.4. The molecule has 5 nitrogen and oxygen atoms in total. The second-order valence-corrected chi connectivity index (χ2v) is 8.05. The summed E-state index contributed by atoms with van der Waals surface area (Å²) in [6.07, 6.45) is 0. The summed E-state index contributed by atoms with van der Waals surface area (Å²) < 4.78 is 0. The molecule has 0 radical (unpaired) electrons. The maximum Gasteiger partial charge on any atom is 0.309 e. The molecule has 0 spiro atoms. The summed E-state index contributed by atoms with van der Waals surface area (Å²) >= 11 is 8.70. The van der Waals surface area contributed by atoms with E-state index in [-0.39, 0.29) is 18.9 Å². The first-order valence-corrected chi connectivity index (χ1v) is 10.1. The standard InChI is InChI=1S/C19H15ClN2O3S2/c20-14-5-2-1-4-12(14)10-21-18(24)19(25)22-11-13-7-8-16(27-13)17(23)15-6-3-9-26-15/h1-9H,10-11H2,(H,21,24)(H,22,25). The summed E-state index contributed by atoms with van der Waals surface area (Å²) in [6, 6.07) is 14.2. The first kappa shape index (κ1) is 19.3. The summed E-state index contributed by atoms with van der Waals surface area (Å²) in [5, 5.41) is 7.47. The van der Waals surface area contributed by atoms with Gasteiger partial charge in [0.25, 0.3) is 0 Å². The van der Waals surface area contributed by atoms with Gasteiger partial charge < -0.3 is 10.6 Å². The Hall–Kier alpha value is -2.48. The van der Waals surface area contributed by atoms with Crippen LogP contribution >= 0.6 is 34.3 Å². The van der Waals surface area contributed by atoms with Crippen LogP contribution in [0.5, 0.6) is 0 Å². The molecule has 1 aromatic carbocycles. The van der Waals surface area contributed by atoms with Crippen molar-refractivity contribution in [2.24, 2.45) is 0 Å². The fraction of sp³-hybridized carbons (Fsp3) is 0.105. The number of amides is 2. The summed E-state index contributed by atoms with van der Waals surface area (Å²) in [5.41, 5.74) is 0.732. The van der Waals surface area contributed by atoms with Crippen LogP contribution < -0.4 is 10.6 Å². The summed E-state index contributed by atoms with van der Waals surface area (Å²) in [6.45, 7) is 0.352. The van der Waals surface area contributed by atoms with Crippen LogP contribution in [0, 0.1) is 0 Å². The van der Waals surface area contributed by atoms with E-state index in [2.05, 4.69) is 10.6 Å². The predicted molar refractivity (Wildman–Crippen MR) is 107 cm³/mol. The van der Waals surface area contributed by atoms with E-state index in [1.165, 1.54) is 22.7 Å². The van der Waals surface area contributed by atoms with Crippen LogP contribution in [0.15, 0.2) is 53.9 Å². The highest BCUT2D eigenvalue weighted by Gasteiger charge is 2.16. The van der Waals surface area contributed by atoms with Gasteiger partial charge in [0.15, 0.2) is 0 Å². The molecule has 0 bridgehead atoms. The molecule has 2 heterocycles. The second-order valence-electron chi connectivity index (χ2n) is 5.53. The average Bonchev–Trinajstić information content (AvgIpc) is 3.36. The molecule has 0 saturated carbocycles. The highest BCUT2D eigenvalue weighted by molar-refractivity contribution is 7.16. The zero-order valence-electron chi connectivity index (χ0n) is 14.0. The maximum absolute atomic E-state index is 12.3.